The first-order valence-electron chi connectivity index (χ1n) is 5.00. The number of rotatable bonds is 3. The largest absolute Gasteiger partial charge is 0.377 e. The van der Waals surface area contributed by atoms with Crippen molar-refractivity contribution in [1.82, 2.24) is 4.90 Å². The van der Waals surface area contributed by atoms with Crippen molar-refractivity contribution in [2.75, 3.05) is 27.2 Å². The van der Waals surface area contributed by atoms with Crippen LogP contribution in [0.2, 0.25) is 0 Å². The van der Waals surface area contributed by atoms with Gasteiger partial charge in [0.2, 0.25) is 0 Å². The Labute approximate surface area is 81.0 Å². The SMILES string of the molecule is CO[C@H]1CN(C)CC[C@@H]1OC(C)C. The molecule has 0 aliphatic carbocycles. The summed E-state index contributed by atoms with van der Waals surface area (Å²) in [7, 11) is 3.89. The molecular formula is C10H21NO2. The summed E-state index contributed by atoms with van der Waals surface area (Å²) in [4.78, 5) is 2.29. The van der Waals surface area contributed by atoms with E-state index in [-0.39, 0.29) is 12.2 Å². The Bertz CT molecular complexity index is 150. The van der Waals surface area contributed by atoms with Crippen LogP contribution in [0, 0.1) is 0 Å². The van der Waals surface area contributed by atoms with E-state index in [1.807, 2.05) is 0 Å². The summed E-state index contributed by atoms with van der Waals surface area (Å²) in [6.07, 6.45) is 1.89. The van der Waals surface area contributed by atoms with Crippen molar-refractivity contribution < 1.29 is 9.47 Å². The second kappa shape index (κ2) is 4.94. The maximum Gasteiger partial charge on any atom is 0.0959 e. The van der Waals surface area contributed by atoms with Crippen molar-refractivity contribution in [2.24, 2.45) is 0 Å². The van der Waals surface area contributed by atoms with Gasteiger partial charge in [-0.15, -0.1) is 0 Å². The molecule has 1 heterocycles. The lowest BCUT2D eigenvalue weighted by Gasteiger charge is -2.36. The summed E-state index contributed by atoms with van der Waals surface area (Å²) in [5.74, 6) is 0. The van der Waals surface area contributed by atoms with E-state index < -0.39 is 0 Å². The van der Waals surface area contributed by atoms with Crippen molar-refractivity contribution in [3.8, 4) is 0 Å². The van der Waals surface area contributed by atoms with Crippen molar-refractivity contribution in [3.63, 3.8) is 0 Å². The maximum atomic E-state index is 5.79. The van der Waals surface area contributed by atoms with Crippen LogP contribution in [0.4, 0.5) is 0 Å². The topological polar surface area (TPSA) is 21.7 Å². The van der Waals surface area contributed by atoms with Crippen LogP contribution in [0.1, 0.15) is 20.3 Å². The molecule has 1 rings (SSSR count). The third-order valence-electron chi connectivity index (χ3n) is 2.45. The highest BCUT2D eigenvalue weighted by Gasteiger charge is 2.28. The van der Waals surface area contributed by atoms with E-state index in [2.05, 4.69) is 25.8 Å². The van der Waals surface area contributed by atoms with Gasteiger partial charge < -0.3 is 14.4 Å². The molecule has 1 aliphatic heterocycles. The zero-order valence-electron chi connectivity index (χ0n) is 9.12. The van der Waals surface area contributed by atoms with Crippen LogP contribution in [0.5, 0.6) is 0 Å². The van der Waals surface area contributed by atoms with Crippen molar-refractivity contribution >= 4 is 0 Å². The highest BCUT2D eigenvalue weighted by molar-refractivity contribution is 4.80. The number of nitrogens with zero attached hydrogens (tertiary/aromatic N) is 1. The predicted molar refractivity (Wildman–Crippen MR) is 52.9 cm³/mol. The molecule has 0 aromatic heterocycles. The molecule has 13 heavy (non-hydrogen) atoms. The molecule has 1 aliphatic rings. The van der Waals surface area contributed by atoms with Gasteiger partial charge >= 0.3 is 0 Å². The Hall–Kier alpha value is -0.120. The molecule has 0 N–H and O–H groups in total. The Morgan fingerprint density at radius 2 is 2.00 bits per heavy atom. The van der Waals surface area contributed by atoms with Gasteiger partial charge in [-0.25, -0.2) is 0 Å². The summed E-state index contributed by atoms with van der Waals surface area (Å²) in [5, 5.41) is 0. The Morgan fingerprint density at radius 3 is 2.54 bits per heavy atom. The smallest absolute Gasteiger partial charge is 0.0959 e. The van der Waals surface area contributed by atoms with Gasteiger partial charge in [0, 0.05) is 20.2 Å². The first-order chi connectivity index (χ1) is 6.13. The molecule has 0 radical (unpaired) electrons. The van der Waals surface area contributed by atoms with Gasteiger partial charge in [-0.3, -0.25) is 0 Å². The zero-order valence-corrected chi connectivity index (χ0v) is 9.12. The Morgan fingerprint density at radius 1 is 1.31 bits per heavy atom. The van der Waals surface area contributed by atoms with Crippen LogP contribution >= 0.6 is 0 Å². The molecule has 3 nitrogen and oxygen atoms in total. The minimum absolute atomic E-state index is 0.237. The molecule has 1 saturated heterocycles. The van der Waals surface area contributed by atoms with E-state index in [9.17, 15) is 0 Å². The van der Waals surface area contributed by atoms with E-state index >= 15 is 0 Å². The molecule has 0 bridgehead atoms. The van der Waals surface area contributed by atoms with Gasteiger partial charge in [-0.2, -0.15) is 0 Å². The number of piperidine rings is 1. The van der Waals surface area contributed by atoms with Crippen LogP contribution in [-0.2, 0) is 9.47 Å². The van der Waals surface area contributed by atoms with E-state index in [0.717, 1.165) is 19.5 Å². The zero-order chi connectivity index (χ0) is 9.84. The van der Waals surface area contributed by atoms with Crippen molar-refractivity contribution in [3.05, 3.63) is 0 Å². The second-order valence-electron chi connectivity index (χ2n) is 4.05. The highest BCUT2D eigenvalue weighted by atomic mass is 16.5. The van der Waals surface area contributed by atoms with Crippen LogP contribution in [0.15, 0.2) is 0 Å². The number of hydrogen-bond acceptors (Lipinski definition) is 3. The molecule has 0 unspecified atom stereocenters. The third-order valence-corrected chi connectivity index (χ3v) is 2.45. The summed E-state index contributed by atoms with van der Waals surface area (Å²) >= 11 is 0. The first-order valence-corrected chi connectivity index (χ1v) is 5.00. The Kier molecular flexibility index (Phi) is 4.16. The van der Waals surface area contributed by atoms with E-state index in [1.54, 1.807) is 7.11 Å². The average molecular weight is 187 g/mol. The lowest BCUT2D eigenvalue weighted by atomic mass is 10.1. The second-order valence-corrected chi connectivity index (χ2v) is 4.05. The normalized spacial score (nSPS) is 31.2. The third kappa shape index (κ3) is 3.25. The van der Waals surface area contributed by atoms with Gasteiger partial charge in [0.25, 0.3) is 0 Å². The molecule has 78 valence electrons. The standard InChI is InChI=1S/C10H21NO2/c1-8(2)13-9-5-6-11(3)7-10(9)12-4/h8-10H,5-7H2,1-4H3/t9-,10-/m0/s1. The van der Waals surface area contributed by atoms with Gasteiger partial charge in [-0.1, -0.05) is 0 Å². The molecule has 0 saturated carbocycles. The molecule has 2 atom stereocenters. The molecule has 1 fully saturated rings. The molecule has 0 amide bonds. The minimum Gasteiger partial charge on any atom is -0.377 e. The van der Waals surface area contributed by atoms with Gasteiger partial charge in [0.1, 0.15) is 0 Å². The number of ether oxygens (including phenoxy) is 2. The van der Waals surface area contributed by atoms with Gasteiger partial charge in [0.15, 0.2) is 0 Å². The highest BCUT2D eigenvalue weighted by Crippen LogP contribution is 2.16. The lowest BCUT2D eigenvalue weighted by Crippen LogP contribution is -2.47. The van der Waals surface area contributed by atoms with Crippen LogP contribution < -0.4 is 0 Å². The lowest BCUT2D eigenvalue weighted by molar-refractivity contribution is -0.109. The van der Waals surface area contributed by atoms with Crippen molar-refractivity contribution in [2.45, 2.75) is 38.6 Å². The molecule has 3 heteroatoms. The average Bonchev–Trinajstić information content (AvgIpc) is 2.07. The van der Waals surface area contributed by atoms with Crippen LogP contribution in [-0.4, -0.2) is 50.5 Å². The van der Waals surface area contributed by atoms with E-state index in [4.69, 9.17) is 9.47 Å². The Balaban J connectivity index is 2.42. The predicted octanol–water partition coefficient (Wildman–Crippen LogP) is 1.13. The fraction of sp³-hybridized carbons (Fsp3) is 1.00. The first kappa shape index (κ1) is 11.0. The fourth-order valence-corrected chi connectivity index (χ4v) is 1.78. The summed E-state index contributed by atoms with van der Waals surface area (Å²) in [5.41, 5.74) is 0. The van der Waals surface area contributed by atoms with Gasteiger partial charge in [-0.05, 0) is 27.3 Å². The number of likely N-dealkylation sites (tertiary alicyclic amines) is 1. The van der Waals surface area contributed by atoms with Crippen molar-refractivity contribution in [1.29, 1.82) is 0 Å². The monoisotopic (exact) mass is 187 g/mol. The minimum atomic E-state index is 0.237. The summed E-state index contributed by atoms with van der Waals surface area (Å²) < 4.78 is 11.2. The van der Waals surface area contributed by atoms with E-state index in [0.29, 0.717) is 6.10 Å². The quantitative estimate of drug-likeness (QED) is 0.661. The van der Waals surface area contributed by atoms with Crippen LogP contribution in [0.25, 0.3) is 0 Å². The summed E-state index contributed by atoms with van der Waals surface area (Å²) in [6, 6.07) is 0. The molecule has 0 aromatic rings. The maximum absolute atomic E-state index is 5.79. The molecule has 0 aromatic carbocycles. The molecule has 0 spiro atoms. The number of methoxy groups -OCH3 is 1. The summed E-state index contributed by atoms with van der Waals surface area (Å²) in [6.45, 7) is 6.24. The van der Waals surface area contributed by atoms with Gasteiger partial charge in [0.05, 0.1) is 18.3 Å². The van der Waals surface area contributed by atoms with Crippen LogP contribution in [0.3, 0.4) is 0 Å². The fourth-order valence-electron chi connectivity index (χ4n) is 1.78. The number of likely N-dealkylation sites (N-methyl/N-ethyl adjacent to an activating group) is 1. The number of hydrogen-bond donors (Lipinski definition) is 0. The van der Waals surface area contributed by atoms with E-state index in [1.165, 1.54) is 0 Å². The molecular weight excluding hydrogens is 166 g/mol.